The molecule has 0 radical (unpaired) electrons. The molecule has 1 heterocycles. The third kappa shape index (κ3) is 2.82. The highest BCUT2D eigenvalue weighted by Gasteiger charge is 2.46. The lowest BCUT2D eigenvalue weighted by molar-refractivity contribution is -0.133. The molecule has 1 amide bonds. The van der Waals surface area contributed by atoms with Crippen LogP contribution in [-0.2, 0) is 9.53 Å². The van der Waals surface area contributed by atoms with Crippen LogP contribution in [0.15, 0.2) is 24.3 Å². The van der Waals surface area contributed by atoms with Gasteiger partial charge in [0.25, 0.3) is 0 Å². The zero-order valence-corrected chi connectivity index (χ0v) is 12.9. The van der Waals surface area contributed by atoms with Crippen molar-refractivity contribution in [1.82, 2.24) is 10.2 Å². The Balaban J connectivity index is 2.31. The van der Waals surface area contributed by atoms with Crippen LogP contribution in [0.25, 0.3) is 0 Å². The lowest BCUT2D eigenvalue weighted by atomic mass is 9.99. The van der Waals surface area contributed by atoms with Crippen molar-refractivity contribution < 1.29 is 9.53 Å². The number of ether oxygens (including phenoxy) is 1. The van der Waals surface area contributed by atoms with E-state index in [4.69, 9.17) is 16.3 Å². The van der Waals surface area contributed by atoms with Crippen molar-refractivity contribution in [3.63, 3.8) is 0 Å². The molecule has 0 aliphatic carbocycles. The summed E-state index contributed by atoms with van der Waals surface area (Å²) in [6.45, 7) is 5.04. The van der Waals surface area contributed by atoms with Crippen LogP contribution in [0.5, 0.6) is 0 Å². The Labute approximate surface area is 125 Å². The van der Waals surface area contributed by atoms with Crippen LogP contribution in [0.2, 0.25) is 5.02 Å². The number of amides is 1. The molecular weight excluding hydrogens is 276 g/mol. The van der Waals surface area contributed by atoms with Gasteiger partial charge in [-0.25, -0.2) is 0 Å². The van der Waals surface area contributed by atoms with E-state index in [9.17, 15) is 4.79 Å². The van der Waals surface area contributed by atoms with Crippen molar-refractivity contribution in [3.05, 3.63) is 34.9 Å². The number of benzene rings is 1. The van der Waals surface area contributed by atoms with E-state index in [1.807, 2.05) is 43.0 Å². The number of carbonyl (C=O) groups is 1. The number of hydrogen-bond acceptors (Lipinski definition) is 3. The fraction of sp³-hybridized carbons (Fsp3) is 0.533. The maximum atomic E-state index is 12.6. The molecule has 1 aliphatic heterocycles. The van der Waals surface area contributed by atoms with Crippen molar-refractivity contribution >= 4 is 17.5 Å². The molecular formula is C15H21ClN2O2. The minimum absolute atomic E-state index is 0.113. The zero-order chi connectivity index (χ0) is 14.8. The monoisotopic (exact) mass is 296 g/mol. The molecule has 1 N–H and O–H groups in total. The summed E-state index contributed by atoms with van der Waals surface area (Å²) in [7, 11) is 1.64. The molecule has 110 valence electrons. The van der Waals surface area contributed by atoms with Crippen molar-refractivity contribution in [1.29, 1.82) is 0 Å². The van der Waals surface area contributed by atoms with Gasteiger partial charge in [-0.2, -0.15) is 0 Å². The maximum Gasteiger partial charge on any atom is 0.244 e. The second kappa shape index (κ2) is 6.12. The predicted molar refractivity (Wildman–Crippen MR) is 79.6 cm³/mol. The molecule has 0 saturated carbocycles. The molecule has 1 saturated heterocycles. The molecule has 1 aromatic rings. The van der Waals surface area contributed by atoms with Gasteiger partial charge in [-0.15, -0.1) is 0 Å². The first-order valence-corrected chi connectivity index (χ1v) is 7.23. The SMILES string of the molecule is CCC1(C)NC(c2cccc(Cl)c2)N(CCOC)C1=O. The molecule has 1 aromatic carbocycles. The minimum atomic E-state index is -0.527. The zero-order valence-electron chi connectivity index (χ0n) is 12.1. The van der Waals surface area contributed by atoms with Crippen LogP contribution in [0.1, 0.15) is 32.0 Å². The van der Waals surface area contributed by atoms with E-state index in [1.165, 1.54) is 0 Å². The van der Waals surface area contributed by atoms with Gasteiger partial charge in [0.05, 0.1) is 12.1 Å². The Morgan fingerprint density at radius 2 is 2.25 bits per heavy atom. The van der Waals surface area contributed by atoms with Gasteiger partial charge in [-0.3, -0.25) is 10.1 Å². The van der Waals surface area contributed by atoms with Gasteiger partial charge in [-0.05, 0) is 31.0 Å². The van der Waals surface area contributed by atoms with Gasteiger partial charge in [0.15, 0.2) is 0 Å². The summed E-state index contributed by atoms with van der Waals surface area (Å²) >= 11 is 6.06. The van der Waals surface area contributed by atoms with Gasteiger partial charge in [0.1, 0.15) is 6.17 Å². The summed E-state index contributed by atoms with van der Waals surface area (Å²) in [5.74, 6) is 0.113. The molecule has 20 heavy (non-hydrogen) atoms. The molecule has 2 rings (SSSR count). The minimum Gasteiger partial charge on any atom is -0.383 e. The van der Waals surface area contributed by atoms with Crippen molar-refractivity contribution in [2.24, 2.45) is 0 Å². The maximum absolute atomic E-state index is 12.6. The first-order valence-electron chi connectivity index (χ1n) is 6.85. The van der Waals surface area contributed by atoms with Crippen LogP contribution in [0, 0.1) is 0 Å². The topological polar surface area (TPSA) is 41.6 Å². The van der Waals surface area contributed by atoms with E-state index < -0.39 is 5.54 Å². The van der Waals surface area contributed by atoms with E-state index >= 15 is 0 Å². The first kappa shape index (κ1) is 15.3. The molecule has 0 bridgehead atoms. The van der Waals surface area contributed by atoms with Gasteiger partial charge in [-0.1, -0.05) is 30.7 Å². The summed E-state index contributed by atoms with van der Waals surface area (Å²) in [6.07, 6.45) is 0.591. The second-order valence-electron chi connectivity index (χ2n) is 5.28. The molecule has 5 heteroatoms. The number of nitrogens with one attached hydrogen (secondary N) is 1. The number of halogens is 1. The highest BCUT2D eigenvalue weighted by Crippen LogP contribution is 2.33. The average molecular weight is 297 g/mol. The fourth-order valence-electron chi connectivity index (χ4n) is 2.49. The van der Waals surface area contributed by atoms with E-state index in [0.717, 1.165) is 12.0 Å². The number of nitrogens with zero attached hydrogens (tertiary/aromatic N) is 1. The lowest BCUT2D eigenvalue weighted by Crippen LogP contribution is -2.43. The highest BCUT2D eigenvalue weighted by atomic mass is 35.5. The van der Waals surface area contributed by atoms with E-state index in [1.54, 1.807) is 7.11 Å². The summed E-state index contributed by atoms with van der Waals surface area (Å²) in [6, 6.07) is 7.62. The second-order valence-corrected chi connectivity index (χ2v) is 5.72. The molecule has 0 aromatic heterocycles. The summed E-state index contributed by atoms with van der Waals surface area (Å²) in [4.78, 5) is 14.4. The van der Waals surface area contributed by atoms with Crippen LogP contribution in [0.4, 0.5) is 0 Å². The Morgan fingerprint density at radius 3 is 2.85 bits per heavy atom. The smallest absolute Gasteiger partial charge is 0.244 e. The largest absolute Gasteiger partial charge is 0.383 e. The average Bonchev–Trinajstić information content (AvgIpc) is 2.70. The number of hydrogen-bond donors (Lipinski definition) is 1. The third-order valence-electron chi connectivity index (χ3n) is 3.91. The molecule has 1 fully saturated rings. The van der Waals surface area contributed by atoms with Gasteiger partial charge in [0, 0.05) is 18.7 Å². The van der Waals surface area contributed by atoms with Crippen molar-refractivity contribution in [2.45, 2.75) is 32.0 Å². The van der Waals surface area contributed by atoms with E-state index in [0.29, 0.717) is 18.2 Å². The first-order chi connectivity index (χ1) is 9.51. The molecule has 2 unspecified atom stereocenters. The Morgan fingerprint density at radius 1 is 1.50 bits per heavy atom. The Hall–Kier alpha value is -1.10. The Kier molecular flexibility index (Phi) is 4.68. The van der Waals surface area contributed by atoms with Gasteiger partial charge < -0.3 is 9.64 Å². The highest BCUT2D eigenvalue weighted by molar-refractivity contribution is 6.30. The van der Waals surface area contributed by atoms with Gasteiger partial charge >= 0.3 is 0 Å². The number of carbonyl (C=O) groups excluding carboxylic acids is 1. The standard InChI is InChI=1S/C15H21ClN2O2/c1-4-15(2)14(19)18(8-9-20-3)13(17-15)11-6-5-7-12(16)10-11/h5-7,10,13,17H,4,8-9H2,1-3H3. The van der Waals surface area contributed by atoms with Crippen LogP contribution < -0.4 is 5.32 Å². The Bertz CT molecular complexity index is 495. The van der Waals surface area contributed by atoms with Gasteiger partial charge in [0.2, 0.25) is 5.91 Å². The molecule has 0 spiro atoms. The fourth-order valence-corrected chi connectivity index (χ4v) is 2.69. The van der Waals surface area contributed by atoms with Crippen LogP contribution in [0.3, 0.4) is 0 Å². The molecule has 4 nitrogen and oxygen atoms in total. The molecule has 1 aliphatic rings. The summed E-state index contributed by atoms with van der Waals surface area (Å²) < 4.78 is 5.11. The third-order valence-corrected chi connectivity index (χ3v) is 4.14. The van der Waals surface area contributed by atoms with Crippen molar-refractivity contribution in [3.8, 4) is 0 Å². The van der Waals surface area contributed by atoms with Crippen LogP contribution in [-0.4, -0.2) is 36.6 Å². The van der Waals surface area contributed by atoms with E-state index in [2.05, 4.69) is 5.32 Å². The quantitative estimate of drug-likeness (QED) is 0.908. The predicted octanol–water partition coefficient (Wildman–Crippen LogP) is 2.59. The van der Waals surface area contributed by atoms with Crippen LogP contribution >= 0.6 is 11.6 Å². The lowest BCUT2D eigenvalue weighted by Gasteiger charge is -2.24. The van der Waals surface area contributed by atoms with Crippen molar-refractivity contribution in [2.75, 3.05) is 20.3 Å². The number of rotatable bonds is 5. The summed E-state index contributed by atoms with van der Waals surface area (Å²) in [5.41, 5.74) is 0.472. The normalized spacial score (nSPS) is 26.3. The van der Waals surface area contributed by atoms with E-state index in [-0.39, 0.29) is 12.1 Å². The summed E-state index contributed by atoms with van der Waals surface area (Å²) in [5, 5.41) is 4.11. The number of methoxy groups -OCH3 is 1. The molecule has 2 atom stereocenters.